The Hall–Kier alpha value is -2.78. The number of alkyl halides is 2. The number of nitrogens with zero attached hydrogens (tertiary/aromatic N) is 1. The van der Waals surface area contributed by atoms with E-state index in [0.717, 1.165) is 5.56 Å². The molecule has 1 aromatic heterocycles. The molecule has 128 valence electrons. The molecule has 1 heterocycles. The van der Waals surface area contributed by atoms with E-state index in [1.165, 1.54) is 18.2 Å². The van der Waals surface area contributed by atoms with Crippen LogP contribution in [-0.4, -0.2) is 11.0 Å². The van der Waals surface area contributed by atoms with Crippen LogP contribution in [0.4, 0.5) is 19.3 Å². The molecule has 5 N–H and O–H groups in total. The van der Waals surface area contributed by atoms with Gasteiger partial charge in [-0.05, 0) is 19.1 Å². The summed E-state index contributed by atoms with van der Waals surface area (Å²) < 4.78 is 32.1. The lowest BCUT2D eigenvalue weighted by atomic mass is 10.1. The van der Waals surface area contributed by atoms with Crippen LogP contribution in [-0.2, 0) is 6.61 Å². The van der Waals surface area contributed by atoms with Gasteiger partial charge in [0, 0.05) is 28.6 Å². The van der Waals surface area contributed by atoms with Crippen LogP contribution in [0.1, 0.15) is 23.1 Å². The van der Waals surface area contributed by atoms with Gasteiger partial charge >= 0.3 is 6.03 Å². The van der Waals surface area contributed by atoms with E-state index in [2.05, 4.69) is 15.7 Å². The molecule has 0 aliphatic carbocycles. The van der Waals surface area contributed by atoms with Gasteiger partial charge in [-0.3, -0.25) is 11.3 Å². The van der Waals surface area contributed by atoms with Crippen LogP contribution in [0.2, 0.25) is 0 Å². The molecule has 1 aromatic carbocycles. The number of ether oxygens (including phenoxy) is 1. The number of rotatable bonds is 6. The number of nitrogens with two attached hydrogens (primary N) is 1. The number of hydrogen-bond acceptors (Lipinski definition) is 5. The number of halogens is 2. The highest BCUT2D eigenvalue weighted by Gasteiger charge is 2.18. The molecule has 2 amide bonds. The number of hydrogen-bond donors (Lipinski definition) is 4. The number of nitrogens with one attached hydrogen (secondary N) is 3. The lowest BCUT2D eigenvalue weighted by Gasteiger charge is -2.16. The van der Waals surface area contributed by atoms with Crippen LogP contribution in [0, 0.1) is 6.92 Å². The molecule has 24 heavy (non-hydrogen) atoms. The Morgan fingerprint density at radius 3 is 2.79 bits per heavy atom. The molecule has 0 aliphatic heterocycles. The van der Waals surface area contributed by atoms with E-state index in [1.54, 1.807) is 25.3 Å². The number of amides is 2. The molecule has 0 saturated heterocycles. The van der Waals surface area contributed by atoms with Crippen molar-refractivity contribution in [3.8, 4) is 5.88 Å². The first-order valence-corrected chi connectivity index (χ1v) is 7.00. The molecule has 7 nitrogen and oxygen atoms in total. The smallest absolute Gasteiger partial charge is 0.334 e. The van der Waals surface area contributed by atoms with Crippen molar-refractivity contribution in [2.75, 3.05) is 5.32 Å². The second-order valence-electron chi connectivity index (χ2n) is 4.81. The van der Waals surface area contributed by atoms with Crippen molar-refractivity contribution in [2.45, 2.75) is 20.0 Å². The molecule has 9 heteroatoms. The minimum Gasteiger partial charge on any atom is -0.473 e. The number of carbonyl (C=O) groups is 1. The Kier molecular flexibility index (Phi) is 5.99. The molecule has 0 fully saturated rings. The Balaban J connectivity index is 2.27. The lowest BCUT2D eigenvalue weighted by Crippen LogP contribution is -2.44. The Morgan fingerprint density at radius 1 is 1.33 bits per heavy atom. The predicted octanol–water partition coefficient (Wildman–Crippen LogP) is 2.41. The summed E-state index contributed by atoms with van der Waals surface area (Å²) in [6.07, 6.45) is -1.17. The molecule has 0 unspecified atom stereocenters. The first-order chi connectivity index (χ1) is 11.5. The lowest BCUT2D eigenvalue weighted by molar-refractivity contribution is 0.148. The van der Waals surface area contributed by atoms with Gasteiger partial charge in [-0.1, -0.05) is 18.2 Å². The first-order valence-electron chi connectivity index (χ1n) is 7.00. The third kappa shape index (κ3) is 4.37. The number of carbonyl (C=O) groups excluding carboxylic acids is 1. The summed E-state index contributed by atoms with van der Waals surface area (Å²) >= 11 is 0. The van der Waals surface area contributed by atoms with Crippen LogP contribution >= 0.6 is 0 Å². The second kappa shape index (κ2) is 8.18. The van der Waals surface area contributed by atoms with Crippen LogP contribution < -0.4 is 26.9 Å². The molecule has 0 saturated carbocycles. The quantitative estimate of drug-likeness (QED) is 0.479. The predicted molar refractivity (Wildman–Crippen MR) is 84.2 cm³/mol. The minimum absolute atomic E-state index is 0.157. The normalized spacial score (nSPS) is 10.5. The van der Waals surface area contributed by atoms with Crippen LogP contribution in [0.3, 0.4) is 0 Å². The molecule has 2 aromatic rings. The van der Waals surface area contributed by atoms with Gasteiger partial charge in [0.25, 0.3) is 6.43 Å². The number of aromatic nitrogens is 1. The van der Waals surface area contributed by atoms with E-state index >= 15 is 0 Å². The fourth-order valence-electron chi connectivity index (χ4n) is 2.07. The van der Waals surface area contributed by atoms with E-state index in [9.17, 15) is 13.6 Å². The van der Waals surface area contributed by atoms with Gasteiger partial charge in [-0.2, -0.15) is 5.53 Å². The summed E-state index contributed by atoms with van der Waals surface area (Å²) in [6.45, 7) is 1.62. The summed E-state index contributed by atoms with van der Waals surface area (Å²) in [7, 11) is 0. The van der Waals surface area contributed by atoms with E-state index in [4.69, 9.17) is 10.6 Å². The largest absolute Gasteiger partial charge is 0.473 e. The number of aryl methyl sites for hydroxylation is 1. The van der Waals surface area contributed by atoms with Crippen molar-refractivity contribution in [3.05, 3.63) is 53.2 Å². The zero-order valence-electron chi connectivity index (χ0n) is 12.8. The van der Waals surface area contributed by atoms with Gasteiger partial charge in [0.1, 0.15) is 6.61 Å². The molecule has 0 aliphatic rings. The second-order valence-corrected chi connectivity index (χ2v) is 4.81. The number of urea groups is 1. The summed E-state index contributed by atoms with van der Waals surface area (Å²) in [5, 5.41) is 2.43. The van der Waals surface area contributed by atoms with Gasteiger partial charge in [0.05, 0.1) is 0 Å². The third-order valence-electron chi connectivity index (χ3n) is 3.20. The number of benzene rings is 1. The Morgan fingerprint density at radius 2 is 2.12 bits per heavy atom. The van der Waals surface area contributed by atoms with Crippen molar-refractivity contribution in [3.63, 3.8) is 0 Å². The molecular formula is C15H17F2N5O2. The molecule has 0 spiro atoms. The fourth-order valence-corrected chi connectivity index (χ4v) is 2.07. The minimum atomic E-state index is -2.72. The highest BCUT2D eigenvalue weighted by Crippen LogP contribution is 2.29. The van der Waals surface area contributed by atoms with E-state index in [1.807, 2.05) is 5.53 Å². The SMILES string of the molecule is Cc1cccnc1OCc1c(NC(=O)NNN)cccc1C(F)F. The molecule has 2 rings (SSSR count). The van der Waals surface area contributed by atoms with Crippen molar-refractivity contribution >= 4 is 11.7 Å². The summed E-state index contributed by atoms with van der Waals surface area (Å²) in [6, 6.07) is 7.03. The van der Waals surface area contributed by atoms with Crippen LogP contribution in [0.15, 0.2) is 36.5 Å². The molecular weight excluding hydrogens is 320 g/mol. The monoisotopic (exact) mass is 337 g/mol. The number of hydrazine groups is 2. The maximum atomic E-state index is 13.3. The maximum Gasteiger partial charge on any atom is 0.334 e. The summed E-state index contributed by atoms with van der Waals surface area (Å²) in [5.41, 5.74) is 4.93. The number of pyridine rings is 1. The van der Waals surface area contributed by atoms with E-state index < -0.39 is 12.5 Å². The van der Waals surface area contributed by atoms with Crippen molar-refractivity contribution in [1.29, 1.82) is 0 Å². The third-order valence-corrected chi connectivity index (χ3v) is 3.20. The van der Waals surface area contributed by atoms with E-state index in [0.29, 0.717) is 5.88 Å². The van der Waals surface area contributed by atoms with Crippen LogP contribution in [0.25, 0.3) is 0 Å². The molecule has 0 radical (unpaired) electrons. The fraction of sp³-hybridized carbons (Fsp3) is 0.200. The summed E-state index contributed by atoms with van der Waals surface area (Å²) in [5.74, 6) is 5.31. The average Bonchev–Trinajstić information content (AvgIpc) is 2.55. The topological polar surface area (TPSA) is 101 Å². The zero-order valence-corrected chi connectivity index (χ0v) is 12.8. The van der Waals surface area contributed by atoms with Gasteiger partial charge in [0.2, 0.25) is 5.88 Å². The average molecular weight is 337 g/mol. The molecule has 0 bridgehead atoms. The Labute approximate surface area is 137 Å². The highest BCUT2D eigenvalue weighted by atomic mass is 19.3. The van der Waals surface area contributed by atoms with Gasteiger partial charge in [-0.25, -0.2) is 18.6 Å². The standard InChI is InChI=1S/C15H17F2N5O2/c1-9-4-3-7-19-14(9)24-8-11-10(13(16)17)5-2-6-12(11)20-15(23)21-22-18/h2-7,13,22H,8,18H2,1H3,(H2,20,21,23). The highest BCUT2D eigenvalue weighted by molar-refractivity contribution is 5.89. The van der Waals surface area contributed by atoms with E-state index in [-0.39, 0.29) is 23.4 Å². The maximum absolute atomic E-state index is 13.3. The zero-order chi connectivity index (χ0) is 17.5. The van der Waals surface area contributed by atoms with Crippen molar-refractivity contribution < 1.29 is 18.3 Å². The van der Waals surface area contributed by atoms with Gasteiger partial charge < -0.3 is 10.1 Å². The Bertz CT molecular complexity index is 712. The summed E-state index contributed by atoms with van der Waals surface area (Å²) in [4.78, 5) is 15.6. The van der Waals surface area contributed by atoms with Gasteiger partial charge in [0.15, 0.2) is 0 Å². The molecule has 0 atom stereocenters. The van der Waals surface area contributed by atoms with Crippen molar-refractivity contribution in [2.24, 2.45) is 5.84 Å². The number of anilines is 1. The van der Waals surface area contributed by atoms with Crippen molar-refractivity contribution in [1.82, 2.24) is 15.9 Å². The van der Waals surface area contributed by atoms with Crippen LogP contribution in [0.5, 0.6) is 5.88 Å². The first kappa shape index (κ1) is 17.6. The van der Waals surface area contributed by atoms with Gasteiger partial charge in [-0.15, -0.1) is 0 Å².